The van der Waals surface area contributed by atoms with E-state index in [-0.39, 0.29) is 12.8 Å². The predicted molar refractivity (Wildman–Crippen MR) is 179 cm³/mol. The summed E-state index contributed by atoms with van der Waals surface area (Å²) in [7, 11) is 0.943. The second kappa shape index (κ2) is 13.0. The van der Waals surface area contributed by atoms with Gasteiger partial charge in [0.05, 0.1) is 41.2 Å². The van der Waals surface area contributed by atoms with Gasteiger partial charge in [0.15, 0.2) is 0 Å². The highest BCUT2D eigenvalue weighted by atomic mass is 28.3. The third kappa shape index (κ3) is 7.13. The number of amides is 2. The number of hydrogen-bond donors (Lipinski definition) is 1. The van der Waals surface area contributed by atoms with Gasteiger partial charge in [-0.05, 0) is 69.4 Å². The van der Waals surface area contributed by atoms with Crippen LogP contribution < -0.4 is 5.32 Å². The van der Waals surface area contributed by atoms with Gasteiger partial charge in [0.1, 0.15) is 6.73 Å². The fourth-order valence-corrected chi connectivity index (χ4v) is 7.25. The van der Waals surface area contributed by atoms with Crippen LogP contribution in [-0.2, 0) is 21.1 Å². The molecule has 0 unspecified atom stereocenters. The van der Waals surface area contributed by atoms with Crippen molar-refractivity contribution >= 4 is 47.4 Å². The number of carbonyl (C=O) groups is 2. The van der Waals surface area contributed by atoms with Gasteiger partial charge in [-0.15, -0.1) is 0 Å². The number of ether oxygens (including phenoxy) is 1. The summed E-state index contributed by atoms with van der Waals surface area (Å²) in [5.41, 5.74) is 3.08. The van der Waals surface area contributed by atoms with E-state index in [9.17, 15) is 9.59 Å². The van der Waals surface area contributed by atoms with Gasteiger partial charge in [-0.3, -0.25) is 19.3 Å². The fourth-order valence-electron chi connectivity index (χ4n) is 6.50. The maximum Gasteiger partial charge on any atom is 0.314 e. The van der Waals surface area contributed by atoms with E-state index in [1.54, 1.807) is 28.2 Å². The Labute approximate surface area is 265 Å². The van der Waals surface area contributed by atoms with E-state index < -0.39 is 19.9 Å². The van der Waals surface area contributed by atoms with E-state index in [0.717, 1.165) is 66.7 Å². The first-order chi connectivity index (χ1) is 21.6. The molecule has 0 radical (unpaired) electrons. The van der Waals surface area contributed by atoms with Gasteiger partial charge in [-0.1, -0.05) is 38.7 Å². The molecule has 5 heterocycles. The lowest BCUT2D eigenvalue weighted by Crippen LogP contribution is -2.46. The molecule has 2 saturated heterocycles. The fraction of sp³-hybridized carbons (Fsp3) is 0.545. The number of nitrogens with zero attached hydrogens (tertiary/aromatic N) is 7. The maximum atomic E-state index is 13.8. The van der Waals surface area contributed by atoms with Gasteiger partial charge >= 0.3 is 11.8 Å². The highest BCUT2D eigenvalue weighted by Crippen LogP contribution is 2.35. The smallest absolute Gasteiger partial charge is 0.314 e. The predicted octanol–water partition coefficient (Wildman–Crippen LogP) is 5.30. The number of anilines is 1. The van der Waals surface area contributed by atoms with Crippen molar-refractivity contribution in [3.8, 4) is 0 Å². The number of aromatic nitrogens is 5. The molecule has 11 nitrogen and oxygen atoms in total. The first-order valence-corrected chi connectivity index (χ1v) is 19.9. The molecular formula is C33H46N8O3Si. The molecular weight excluding hydrogens is 585 g/mol. The monoisotopic (exact) mass is 630 g/mol. The third-order valence-electron chi connectivity index (χ3n) is 9.27. The number of benzene rings is 1. The minimum atomic E-state index is -1.22. The minimum Gasteiger partial charge on any atom is -0.360 e. The normalized spacial score (nSPS) is 20.2. The van der Waals surface area contributed by atoms with E-state index in [2.05, 4.69) is 83.0 Å². The quantitative estimate of drug-likeness (QED) is 0.160. The average Bonchev–Trinajstić information content (AvgIpc) is 3.63. The molecule has 2 fully saturated rings. The van der Waals surface area contributed by atoms with Crippen LogP contribution in [0.1, 0.15) is 50.3 Å². The molecule has 12 heteroatoms. The number of fused-ring (bicyclic) bond motifs is 2. The number of pyridine rings is 1. The summed E-state index contributed by atoms with van der Waals surface area (Å²) in [6.45, 7) is 12.6. The number of hydrogen-bond acceptors (Lipinski definition) is 7. The molecule has 0 bridgehead atoms. The first-order valence-electron chi connectivity index (χ1n) is 16.2. The maximum absolute atomic E-state index is 13.8. The Hall–Kier alpha value is -3.61. The summed E-state index contributed by atoms with van der Waals surface area (Å²) >= 11 is 0. The van der Waals surface area contributed by atoms with Crippen LogP contribution in [0.25, 0.3) is 21.8 Å². The lowest BCUT2D eigenvalue weighted by Gasteiger charge is -2.38. The van der Waals surface area contributed by atoms with Crippen LogP contribution in [0.4, 0.5) is 5.69 Å². The topological polar surface area (TPSA) is 110 Å². The van der Waals surface area contributed by atoms with E-state index in [0.29, 0.717) is 36.3 Å². The molecule has 0 spiro atoms. The summed E-state index contributed by atoms with van der Waals surface area (Å²) in [4.78, 5) is 35.8. The molecule has 2 aliphatic heterocycles. The van der Waals surface area contributed by atoms with E-state index in [1.165, 1.54) is 0 Å². The molecule has 0 aliphatic carbocycles. The Kier molecular flexibility index (Phi) is 9.07. The summed E-state index contributed by atoms with van der Waals surface area (Å²) < 4.78 is 9.77. The minimum absolute atomic E-state index is 0.198. The van der Waals surface area contributed by atoms with Crippen molar-refractivity contribution in [2.24, 2.45) is 5.92 Å². The molecule has 240 valence electrons. The van der Waals surface area contributed by atoms with E-state index in [4.69, 9.17) is 9.84 Å². The highest BCUT2D eigenvalue weighted by molar-refractivity contribution is 6.76. The lowest BCUT2D eigenvalue weighted by molar-refractivity contribution is -0.146. The van der Waals surface area contributed by atoms with Crippen LogP contribution in [0.15, 0.2) is 43.0 Å². The average molecular weight is 631 g/mol. The Morgan fingerprint density at radius 2 is 1.84 bits per heavy atom. The molecule has 2 amide bonds. The largest absolute Gasteiger partial charge is 0.360 e. The van der Waals surface area contributed by atoms with Crippen molar-refractivity contribution in [3.05, 3.63) is 48.5 Å². The SMILES string of the molecule is C[C@H]1CC[C@H](c2ccc3cn(C4CCN(C)CC4)nc3c2)N(C(=O)C(=O)Nc2cncc3cnn(COCC[Si](C)(C)C)c23)C1. The van der Waals surface area contributed by atoms with Crippen molar-refractivity contribution in [2.75, 3.05) is 38.6 Å². The van der Waals surface area contributed by atoms with Crippen LogP contribution in [-0.4, -0.2) is 87.5 Å². The Balaban J connectivity index is 1.19. The van der Waals surface area contributed by atoms with Crippen molar-refractivity contribution in [2.45, 2.75) is 77.1 Å². The van der Waals surface area contributed by atoms with Gasteiger partial charge in [0, 0.05) is 44.4 Å². The molecule has 6 rings (SSSR count). The molecule has 2 atom stereocenters. The molecule has 4 aromatic rings. The third-order valence-corrected chi connectivity index (χ3v) is 11.0. The van der Waals surface area contributed by atoms with Crippen molar-refractivity contribution in [3.63, 3.8) is 0 Å². The van der Waals surface area contributed by atoms with E-state index in [1.807, 2.05) is 0 Å². The zero-order chi connectivity index (χ0) is 31.7. The van der Waals surface area contributed by atoms with Crippen molar-refractivity contribution in [1.29, 1.82) is 0 Å². The second-order valence-corrected chi connectivity index (χ2v) is 19.8. The Morgan fingerprint density at radius 1 is 1.04 bits per heavy atom. The van der Waals surface area contributed by atoms with E-state index >= 15 is 0 Å². The number of nitrogens with one attached hydrogen (secondary N) is 1. The zero-order valence-corrected chi connectivity index (χ0v) is 28.2. The van der Waals surface area contributed by atoms with Crippen molar-refractivity contribution < 1.29 is 14.3 Å². The summed E-state index contributed by atoms with van der Waals surface area (Å²) in [6, 6.07) is 7.55. The lowest BCUT2D eigenvalue weighted by atomic mass is 9.89. The number of rotatable bonds is 8. The summed E-state index contributed by atoms with van der Waals surface area (Å²) in [5.74, 6) is -0.924. The highest BCUT2D eigenvalue weighted by Gasteiger charge is 2.35. The second-order valence-electron chi connectivity index (χ2n) is 14.2. The van der Waals surface area contributed by atoms with Gasteiger partial charge in [-0.2, -0.15) is 10.2 Å². The molecule has 3 aromatic heterocycles. The molecule has 2 aliphatic rings. The van der Waals surface area contributed by atoms with Gasteiger partial charge in [0.25, 0.3) is 0 Å². The molecule has 1 N–H and O–H groups in total. The molecule has 0 saturated carbocycles. The van der Waals surface area contributed by atoms with Crippen LogP contribution in [0.2, 0.25) is 25.7 Å². The van der Waals surface area contributed by atoms with Crippen molar-refractivity contribution in [1.82, 2.24) is 34.3 Å². The Bertz CT molecular complexity index is 1670. The van der Waals surface area contributed by atoms with Gasteiger partial charge < -0.3 is 19.9 Å². The standard InChI is InChI=1S/C33H46N8O3Si/c1-23-6-9-30(24-7-8-25-21-40(37-28(25)16-24)27-10-12-38(2)13-11-27)39(20-23)33(43)32(42)36-29-19-34-17-26-18-35-41(31(26)29)22-44-14-15-45(3,4)5/h7-8,16-19,21,23,27,30H,6,9-15,20,22H2,1-5H3,(H,36,42)/t23-,30+/m0/s1. The summed E-state index contributed by atoms with van der Waals surface area (Å²) in [5, 5.41) is 14.1. The van der Waals surface area contributed by atoms with Crippen LogP contribution in [0.3, 0.4) is 0 Å². The van der Waals surface area contributed by atoms with Crippen LogP contribution in [0, 0.1) is 5.92 Å². The van der Waals surface area contributed by atoms with Gasteiger partial charge in [0.2, 0.25) is 0 Å². The number of likely N-dealkylation sites (tertiary alicyclic amines) is 2. The van der Waals surface area contributed by atoms with Crippen LogP contribution >= 0.6 is 0 Å². The first kappa shape index (κ1) is 31.4. The summed E-state index contributed by atoms with van der Waals surface area (Å²) in [6.07, 6.45) is 11.1. The zero-order valence-electron chi connectivity index (χ0n) is 27.2. The van der Waals surface area contributed by atoms with Crippen LogP contribution in [0.5, 0.6) is 0 Å². The number of carbonyl (C=O) groups excluding carboxylic acids is 2. The van der Waals surface area contributed by atoms with Gasteiger partial charge in [-0.25, -0.2) is 4.68 Å². The number of piperidine rings is 2. The molecule has 1 aromatic carbocycles. The Morgan fingerprint density at radius 3 is 2.62 bits per heavy atom. The molecule has 45 heavy (non-hydrogen) atoms.